The summed E-state index contributed by atoms with van der Waals surface area (Å²) < 4.78 is 10.5. The van der Waals surface area contributed by atoms with Gasteiger partial charge in [0.15, 0.2) is 5.76 Å². The first-order valence-corrected chi connectivity index (χ1v) is 8.11. The summed E-state index contributed by atoms with van der Waals surface area (Å²) in [6, 6.07) is 9.45. The lowest BCUT2D eigenvalue weighted by molar-refractivity contribution is -0.122. The third kappa shape index (κ3) is 4.12. The highest BCUT2D eigenvalue weighted by Gasteiger charge is 2.18. The van der Waals surface area contributed by atoms with Gasteiger partial charge >= 0.3 is 0 Å². The lowest BCUT2D eigenvalue weighted by atomic mass is 10.0. The summed E-state index contributed by atoms with van der Waals surface area (Å²) in [5.74, 6) is 2.15. The minimum Gasteiger partial charge on any atom is -0.497 e. The highest BCUT2D eigenvalue weighted by Crippen LogP contribution is 2.27. The van der Waals surface area contributed by atoms with E-state index in [-0.39, 0.29) is 5.91 Å². The molecule has 5 nitrogen and oxygen atoms in total. The van der Waals surface area contributed by atoms with Crippen molar-refractivity contribution in [1.29, 1.82) is 0 Å². The van der Waals surface area contributed by atoms with Gasteiger partial charge in [-0.05, 0) is 43.0 Å². The molecule has 1 aliphatic rings. The molecule has 0 radical (unpaired) electrons. The zero-order chi connectivity index (χ0) is 16.1. The fourth-order valence-corrected chi connectivity index (χ4v) is 3.02. The van der Waals surface area contributed by atoms with Crippen molar-refractivity contribution in [3.63, 3.8) is 0 Å². The van der Waals surface area contributed by atoms with Gasteiger partial charge in [-0.2, -0.15) is 0 Å². The second kappa shape index (κ2) is 7.31. The molecule has 0 atom stereocenters. The number of methoxy groups -OCH3 is 1. The van der Waals surface area contributed by atoms with Crippen LogP contribution >= 0.6 is 0 Å². The van der Waals surface area contributed by atoms with Crippen molar-refractivity contribution in [1.82, 2.24) is 10.5 Å². The van der Waals surface area contributed by atoms with Crippen LogP contribution in [0.1, 0.15) is 37.8 Å². The van der Waals surface area contributed by atoms with E-state index in [9.17, 15) is 4.79 Å². The van der Waals surface area contributed by atoms with Gasteiger partial charge in [0.2, 0.25) is 5.91 Å². The molecule has 1 saturated carbocycles. The number of rotatable bonds is 6. The van der Waals surface area contributed by atoms with Crippen LogP contribution in [0.15, 0.2) is 34.9 Å². The molecule has 23 heavy (non-hydrogen) atoms. The summed E-state index contributed by atoms with van der Waals surface area (Å²) in [6.45, 7) is 0.408. The maximum absolute atomic E-state index is 11.9. The Labute approximate surface area is 136 Å². The van der Waals surface area contributed by atoms with E-state index in [1.54, 1.807) is 7.11 Å². The van der Waals surface area contributed by atoms with Crippen LogP contribution < -0.4 is 10.1 Å². The van der Waals surface area contributed by atoms with E-state index in [4.69, 9.17) is 9.26 Å². The largest absolute Gasteiger partial charge is 0.497 e. The third-order valence-electron chi connectivity index (χ3n) is 4.35. The minimum absolute atomic E-state index is 0.103. The summed E-state index contributed by atoms with van der Waals surface area (Å²) in [4.78, 5) is 11.9. The van der Waals surface area contributed by atoms with Gasteiger partial charge in [-0.3, -0.25) is 4.79 Å². The Kier molecular flexibility index (Phi) is 4.95. The zero-order valence-corrected chi connectivity index (χ0v) is 13.4. The van der Waals surface area contributed by atoms with Gasteiger partial charge < -0.3 is 14.6 Å². The van der Waals surface area contributed by atoms with Gasteiger partial charge in [0.25, 0.3) is 0 Å². The Morgan fingerprint density at radius 2 is 2.04 bits per heavy atom. The molecule has 2 aromatic rings. The predicted molar refractivity (Wildman–Crippen MR) is 86.9 cm³/mol. The van der Waals surface area contributed by atoms with Crippen LogP contribution in [0.5, 0.6) is 5.75 Å². The molecule has 122 valence electrons. The Hall–Kier alpha value is -2.30. The molecule has 0 unspecified atom stereocenters. The van der Waals surface area contributed by atoms with Crippen LogP contribution in [0, 0.1) is 5.92 Å². The van der Waals surface area contributed by atoms with Crippen LogP contribution in [-0.4, -0.2) is 18.2 Å². The summed E-state index contributed by atoms with van der Waals surface area (Å²) in [7, 11) is 1.63. The van der Waals surface area contributed by atoms with Crippen LogP contribution in [0.2, 0.25) is 0 Å². The summed E-state index contributed by atoms with van der Waals surface area (Å²) in [5, 5.41) is 6.95. The number of carbonyl (C=O) groups excluding carboxylic acids is 1. The van der Waals surface area contributed by atoms with Crippen molar-refractivity contribution < 1.29 is 14.1 Å². The predicted octanol–water partition coefficient (Wildman–Crippen LogP) is 3.55. The minimum atomic E-state index is 0.103. The molecular formula is C18H22N2O3. The Morgan fingerprint density at radius 1 is 1.30 bits per heavy atom. The lowest BCUT2D eigenvalue weighted by Gasteiger charge is -2.08. The average molecular weight is 314 g/mol. The number of hydrogen-bond acceptors (Lipinski definition) is 4. The number of benzene rings is 1. The van der Waals surface area contributed by atoms with Crippen molar-refractivity contribution in [2.24, 2.45) is 5.92 Å². The molecule has 0 spiro atoms. The van der Waals surface area contributed by atoms with Crippen LogP contribution in [0.4, 0.5) is 0 Å². The number of nitrogens with zero attached hydrogens (tertiary/aromatic N) is 1. The molecule has 1 aromatic heterocycles. The Morgan fingerprint density at radius 3 is 2.74 bits per heavy atom. The first-order valence-electron chi connectivity index (χ1n) is 8.11. The number of ether oxygens (including phenoxy) is 1. The molecular weight excluding hydrogens is 292 g/mol. The Balaban J connectivity index is 1.53. The topological polar surface area (TPSA) is 64.4 Å². The van der Waals surface area contributed by atoms with Gasteiger partial charge in [0.1, 0.15) is 11.4 Å². The average Bonchev–Trinajstić information content (AvgIpc) is 3.25. The molecule has 1 aliphatic carbocycles. The normalized spacial score (nSPS) is 14.8. The van der Waals surface area contributed by atoms with Gasteiger partial charge in [0.05, 0.1) is 13.7 Å². The van der Waals surface area contributed by atoms with Crippen LogP contribution in [0.25, 0.3) is 11.3 Å². The zero-order valence-electron chi connectivity index (χ0n) is 13.4. The van der Waals surface area contributed by atoms with Crippen LogP contribution in [0.3, 0.4) is 0 Å². The van der Waals surface area contributed by atoms with Crippen molar-refractivity contribution in [3.05, 3.63) is 36.0 Å². The van der Waals surface area contributed by atoms with E-state index in [0.717, 1.165) is 17.0 Å². The number of carbonyl (C=O) groups is 1. The molecule has 0 bridgehead atoms. The quantitative estimate of drug-likeness (QED) is 0.885. The van der Waals surface area contributed by atoms with Gasteiger partial charge in [0, 0.05) is 18.1 Å². The number of nitrogens with one attached hydrogen (secondary N) is 1. The van der Waals surface area contributed by atoms with E-state index < -0.39 is 0 Å². The monoisotopic (exact) mass is 314 g/mol. The van der Waals surface area contributed by atoms with Crippen molar-refractivity contribution >= 4 is 5.91 Å². The molecule has 3 rings (SSSR count). The van der Waals surface area contributed by atoms with Crippen molar-refractivity contribution in [3.8, 4) is 17.1 Å². The first kappa shape index (κ1) is 15.6. The SMILES string of the molecule is COc1ccc(-c2cc(CNC(=O)CC3CCCC3)no2)cc1. The fraction of sp³-hybridized carbons (Fsp3) is 0.444. The molecule has 1 amide bonds. The molecule has 1 fully saturated rings. The van der Waals surface area contributed by atoms with E-state index in [0.29, 0.717) is 24.6 Å². The van der Waals surface area contributed by atoms with E-state index >= 15 is 0 Å². The highest BCUT2D eigenvalue weighted by molar-refractivity contribution is 5.76. The smallest absolute Gasteiger partial charge is 0.220 e. The second-order valence-electron chi connectivity index (χ2n) is 6.04. The van der Waals surface area contributed by atoms with Gasteiger partial charge in [-0.25, -0.2) is 0 Å². The maximum atomic E-state index is 11.9. The number of amides is 1. The van der Waals surface area contributed by atoms with E-state index in [1.165, 1.54) is 25.7 Å². The van der Waals surface area contributed by atoms with Crippen molar-refractivity contribution in [2.75, 3.05) is 7.11 Å². The molecule has 1 heterocycles. The van der Waals surface area contributed by atoms with Crippen LogP contribution in [-0.2, 0) is 11.3 Å². The third-order valence-corrected chi connectivity index (χ3v) is 4.35. The van der Waals surface area contributed by atoms with Gasteiger partial charge in [-0.1, -0.05) is 18.0 Å². The standard InChI is InChI=1S/C18H22N2O3/c1-22-16-8-6-14(7-9-16)17-11-15(20-23-17)12-19-18(21)10-13-4-2-3-5-13/h6-9,11,13H,2-5,10,12H2,1H3,(H,19,21). The molecule has 1 N–H and O–H groups in total. The summed E-state index contributed by atoms with van der Waals surface area (Å²) in [5.41, 5.74) is 1.66. The highest BCUT2D eigenvalue weighted by atomic mass is 16.5. The lowest BCUT2D eigenvalue weighted by Crippen LogP contribution is -2.24. The van der Waals surface area contributed by atoms with Gasteiger partial charge in [-0.15, -0.1) is 0 Å². The summed E-state index contributed by atoms with van der Waals surface area (Å²) in [6.07, 6.45) is 5.50. The van der Waals surface area contributed by atoms with Crippen molar-refractivity contribution in [2.45, 2.75) is 38.6 Å². The number of aromatic nitrogens is 1. The Bertz CT molecular complexity index is 643. The number of hydrogen-bond donors (Lipinski definition) is 1. The maximum Gasteiger partial charge on any atom is 0.220 e. The molecule has 0 saturated heterocycles. The van der Waals surface area contributed by atoms with E-state index in [2.05, 4.69) is 10.5 Å². The molecule has 1 aromatic carbocycles. The van der Waals surface area contributed by atoms with E-state index in [1.807, 2.05) is 30.3 Å². The molecule has 5 heteroatoms. The fourth-order valence-electron chi connectivity index (χ4n) is 3.02. The molecule has 0 aliphatic heterocycles. The summed E-state index contributed by atoms with van der Waals surface area (Å²) >= 11 is 0. The first-order chi connectivity index (χ1) is 11.2. The second-order valence-corrected chi connectivity index (χ2v) is 6.04.